The van der Waals surface area contributed by atoms with Crippen LogP contribution in [0.25, 0.3) is 11.3 Å². The fourth-order valence-electron chi connectivity index (χ4n) is 3.14. The number of hydrogen-bond acceptors (Lipinski definition) is 4. The summed E-state index contributed by atoms with van der Waals surface area (Å²) in [6.45, 7) is 3.75. The molecule has 1 heterocycles. The van der Waals surface area contributed by atoms with E-state index >= 15 is 0 Å². The largest absolute Gasteiger partial charge is 0.466 e. The molecule has 0 fully saturated rings. The predicted octanol–water partition coefficient (Wildman–Crippen LogP) is 2.61. The van der Waals surface area contributed by atoms with Crippen LogP contribution in [-0.2, 0) is 14.9 Å². The fourth-order valence-corrected chi connectivity index (χ4v) is 3.56. The van der Waals surface area contributed by atoms with E-state index in [4.69, 9.17) is 27.9 Å². The summed E-state index contributed by atoms with van der Waals surface area (Å²) in [6.07, 6.45) is -0.0131. The molecule has 0 amide bonds. The maximum absolute atomic E-state index is 12.1. The molecule has 1 atom stereocenters. The van der Waals surface area contributed by atoms with Gasteiger partial charge >= 0.3 is 17.1 Å². The molecular weight excluding hydrogens is 355 g/mol. The van der Waals surface area contributed by atoms with Crippen LogP contribution in [0.2, 0.25) is 10.0 Å². The Morgan fingerprint density at radius 2 is 1.88 bits per heavy atom. The zero-order chi connectivity index (χ0) is 17.6. The van der Waals surface area contributed by atoms with Crippen LogP contribution in [0.3, 0.4) is 0 Å². The van der Waals surface area contributed by atoms with Crippen molar-refractivity contribution in [3.63, 3.8) is 0 Å². The van der Waals surface area contributed by atoms with Gasteiger partial charge in [-0.15, -0.1) is 0 Å². The molecular formula is C16H14Cl2N2O4. The van der Waals surface area contributed by atoms with Crippen molar-refractivity contribution in [2.75, 3.05) is 6.61 Å². The normalized spacial score (nSPS) is 18.2. The van der Waals surface area contributed by atoms with E-state index < -0.39 is 22.5 Å². The Bertz CT molecular complexity index is 964. The van der Waals surface area contributed by atoms with E-state index in [-0.39, 0.29) is 18.1 Å². The van der Waals surface area contributed by atoms with Gasteiger partial charge in [0, 0.05) is 11.0 Å². The smallest absolute Gasteiger partial charge is 0.314 e. The number of nitrogens with one attached hydrogen (secondary N) is 2. The lowest BCUT2D eigenvalue weighted by atomic mass is 9.80. The third kappa shape index (κ3) is 2.37. The van der Waals surface area contributed by atoms with E-state index in [1.165, 1.54) is 0 Å². The molecule has 8 heteroatoms. The molecule has 1 unspecified atom stereocenters. The van der Waals surface area contributed by atoms with Gasteiger partial charge in [-0.25, -0.2) is 0 Å². The molecule has 2 N–H and O–H groups in total. The Balaban J connectivity index is 2.32. The maximum Gasteiger partial charge on any atom is 0.314 e. The second kappa shape index (κ2) is 5.79. The number of ether oxygens (including phenoxy) is 1. The number of hydrogen-bond donors (Lipinski definition) is 2. The van der Waals surface area contributed by atoms with Crippen LogP contribution in [0.5, 0.6) is 0 Å². The van der Waals surface area contributed by atoms with Gasteiger partial charge in [0.25, 0.3) is 0 Å². The molecule has 6 nitrogen and oxygen atoms in total. The zero-order valence-corrected chi connectivity index (χ0v) is 14.5. The zero-order valence-electron chi connectivity index (χ0n) is 13.0. The molecule has 3 rings (SSSR count). The van der Waals surface area contributed by atoms with Crippen LogP contribution in [0.4, 0.5) is 0 Å². The molecule has 0 bridgehead atoms. The number of halogens is 2. The Labute approximate surface area is 146 Å². The summed E-state index contributed by atoms with van der Waals surface area (Å²) in [4.78, 5) is 40.8. The first-order chi connectivity index (χ1) is 11.3. The van der Waals surface area contributed by atoms with Crippen molar-refractivity contribution in [3.8, 4) is 11.3 Å². The molecule has 2 aromatic rings. The van der Waals surface area contributed by atoms with Crippen molar-refractivity contribution in [1.29, 1.82) is 0 Å². The van der Waals surface area contributed by atoms with Gasteiger partial charge in [-0.1, -0.05) is 29.3 Å². The third-order valence-corrected chi connectivity index (χ3v) is 5.03. The average molecular weight is 369 g/mol. The van der Waals surface area contributed by atoms with E-state index in [1.807, 2.05) is 0 Å². The van der Waals surface area contributed by atoms with Gasteiger partial charge in [-0.05, 0) is 25.5 Å². The van der Waals surface area contributed by atoms with Gasteiger partial charge in [-0.2, -0.15) is 0 Å². The second-order valence-corrected chi connectivity index (χ2v) is 6.54. The number of rotatable bonds is 3. The van der Waals surface area contributed by atoms with Gasteiger partial charge in [0.2, 0.25) is 0 Å². The molecule has 0 aliphatic heterocycles. The number of aromatic amines is 2. The molecule has 0 saturated carbocycles. The summed E-state index contributed by atoms with van der Waals surface area (Å²) in [5.41, 5.74) is -0.492. The lowest BCUT2D eigenvalue weighted by molar-refractivity contribution is -0.144. The van der Waals surface area contributed by atoms with Crippen molar-refractivity contribution in [3.05, 3.63) is 54.1 Å². The highest BCUT2D eigenvalue weighted by molar-refractivity contribution is 6.44. The van der Waals surface area contributed by atoms with Gasteiger partial charge in [-0.3, -0.25) is 14.4 Å². The number of fused-ring (bicyclic) bond motifs is 3. The standard InChI is InChI=1S/C16H14Cl2N2O4/c1-3-24-9(21)6-16(2)7-4-5-8(17)11(18)10(7)12-13(16)20-15(23)14(22)19-12/h4-5H,3,6H2,1-2H3,(H,19,22)(H,20,23). The lowest BCUT2D eigenvalue weighted by Gasteiger charge is -2.25. The summed E-state index contributed by atoms with van der Waals surface area (Å²) in [6, 6.07) is 3.35. The maximum atomic E-state index is 12.1. The van der Waals surface area contributed by atoms with Crippen LogP contribution in [0.1, 0.15) is 31.5 Å². The number of aromatic nitrogens is 2. The molecule has 1 aliphatic carbocycles. The number of benzene rings is 1. The quantitative estimate of drug-likeness (QED) is 0.643. The first-order valence-corrected chi connectivity index (χ1v) is 8.06. The minimum Gasteiger partial charge on any atom is -0.466 e. The minimum atomic E-state index is -0.894. The van der Waals surface area contributed by atoms with E-state index in [0.29, 0.717) is 27.5 Å². The minimum absolute atomic E-state index is 0.0131. The van der Waals surface area contributed by atoms with Crippen LogP contribution >= 0.6 is 23.2 Å². The first kappa shape index (κ1) is 16.8. The summed E-state index contributed by atoms with van der Waals surface area (Å²) < 4.78 is 5.05. The van der Waals surface area contributed by atoms with Crippen LogP contribution in [0, 0.1) is 0 Å². The van der Waals surface area contributed by atoms with Crippen molar-refractivity contribution in [1.82, 2.24) is 9.97 Å². The molecule has 24 heavy (non-hydrogen) atoms. The summed E-state index contributed by atoms with van der Waals surface area (Å²) in [5.74, 6) is -0.420. The molecule has 1 aromatic carbocycles. The van der Waals surface area contributed by atoms with Crippen molar-refractivity contribution >= 4 is 29.2 Å². The molecule has 126 valence electrons. The number of carbonyl (C=O) groups is 1. The summed E-state index contributed by atoms with van der Waals surface area (Å²) >= 11 is 12.4. The number of esters is 1. The summed E-state index contributed by atoms with van der Waals surface area (Å²) in [7, 11) is 0. The van der Waals surface area contributed by atoms with Crippen molar-refractivity contribution < 1.29 is 9.53 Å². The second-order valence-electron chi connectivity index (χ2n) is 5.76. The molecule has 0 radical (unpaired) electrons. The predicted molar refractivity (Wildman–Crippen MR) is 90.8 cm³/mol. The molecule has 0 spiro atoms. The van der Waals surface area contributed by atoms with E-state index in [2.05, 4.69) is 9.97 Å². The molecule has 1 aromatic heterocycles. The molecule has 0 saturated heterocycles. The van der Waals surface area contributed by atoms with Gasteiger partial charge in [0.1, 0.15) is 0 Å². The topological polar surface area (TPSA) is 92.0 Å². The van der Waals surface area contributed by atoms with Crippen LogP contribution in [-0.4, -0.2) is 22.5 Å². The highest BCUT2D eigenvalue weighted by Gasteiger charge is 2.44. The van der Waals surface area contributed by atoms with E-state index in [1.54, 1.807) is 26.0 Å². The van der Waals surface area contributed by atoms with Crippen LogP contribution < -0.4 is 11.1 Å². The Hall–Kier alpha value is -2.05. The highest BCUT2D eigenvalue weighted by Crippen LogP contribution is 2.52. The number of carbonyl (C=O) groups excluding carboxylic acids is 1. The van der Waals surface area contributed by atoms with Gasteiger partial charge in [0.15, 0.2) is 0 Å². The fraction of sp³-hybridized carbons (Fsp3) is 0.312. The van der Waals surface area contributed by atoms with Crippen molar-refractivity contribution in [2.45, 2.75) is 25.7 Å². The lowest BCUT2D eigenvalue weighted by Crippen LogP contribution is -2.35. The first-order valence-electron chi connectivity index (χ1n) is 7.31. The van der Waals surface area contributed by atoms with Crippen LogP contribution in [0.15, 0.2) is 21.7 Å². The Morgan fingerprint density at radius 3 is 2.54 bits per heavy atom. The highest BCUT2D eigenvalue weighted by atomic mass is 35.5. The summed E-state index contributed by atoms with van der Waals surface area (Å²) in [5, 5.41) is 0.569. The number of H-pyrrole nitrogens is 2. The average Bonchev–Trinajstić information content (AvgIpc) is 2.73. The Kier molecular flexibility index (Phi) is 4.05. The van der Waals surface area contributed by atoms with Gasteiger partial charge in [0.05, 0.1) is 34.5 Å². The van der Waals surface area contributed by atoms with E-state index in [9.17, 15) is 14.4 Å². The van der Waals surface area contributed by atoms with Crippen molar-refractivity contribution in [2.24, 2.45) is 0 Å². The Morgan fingerprint density at radius 1 is 1.21 bits per heavy atom. The van der Waals surface area contributed by atoms with E-state index in [0.717, 1.165) is 0 Å². The SMILES string of the molecule is CCOC(=O)CC1(C)c2ccc(Cl)c(Cl)c2-c2[nH]c(=O)c(=O)[nH]c21. The monoisotopic (exact) mass is 368 g/mol. The third-order valence-electron chi connectivity index (χ3n) is 4.23. The van der Waals surface area contributed by atoms with Gasteiger partial charge < -0.3 is 14.7 Å². The molecule has 1 aliphatic rings.